The van der Waals surface area contributed by atoms with E-state index in [-0.39, 0.29) is 0 Å². The third-order valence-electron chi connectivity index (χ3n) is 5.39. The van der Waals surface area contributed by atoms with Crippen molar-refractivity contribution in [1.29, 1.82) is 0 Å². The SMILES string of the molecule is c1ccc2c(NCCCCN3CCc4oc5ccccc5c4C3)noc2c1. The van der Waals surface area contributed by atoms with Gasteiger partial charge in [0, 0.05) is 37.0 Å². The van der Waals surface area contributed by atoms with Gasteiger partial charge in [-0.3, -0.25) is 4.90 Å². The molecule has 1 N–H and O–H groups in total. The summed E-state index contributed by atoms with van der Waals surface area (Å²) < 4.78 is 11.3. The highest BCUT2D eigenvalue weighted by Crippen LogP contribution is 2.30. The molecule has 0 aliphatic carbocycles. The molecule has 0 amide bonds. The Bertz CT molecular complexity index is 1070. The minimum absolute atomic E-state index is 0.830. The molecule has 0 unspecified atom stereocenters. The first-order valence-corrected chi connectivity index (χ1v) is 9.68. The molecule has 0 saturated heterocycles. The molecular formula is C22H23N3O2. The summed E-state index contributed by atoms with van der Waals surface area (Å²) in [5, 5.41) is 9.85. The third-order valence-corrected chi connectivity index (χ3v) is 5.39. The Morgan fingerprint density at radius 3 is 2.70 bits per heavy atom. The van der Waals surface area contributed by atoms with E-state index in [1.54, 1.807) is 0 Å². The van der Waals surface area contributed by atoms with Gasteiger partial charge in [0.15, 0.2) is 11.4 Å². The monoisotopic (exact) mass is 361 g/mol. The van der Waals surface area contributed by atoms with Crippen molar-refractivity contribution in [1.82, 2.24) is 10.1 Å². The summed E-state index contributed by atoms with van der Waals surface area (Å²) in [6.07, 6.45) is 3.28. The van der Waals surface area contributed by atoms with E-state index >= 15 is 0 Å². The van der Waals surface area contributed by atoms with Crippen molar-refractivity contribution < 1.29 is 8.94 Å². The summed E-state index contributed by atoms with van der Waals surface area (Å²) in [5.41, 5.74) is 3.23. The number of nitrogens with one attached hydrogen (secondary N) is 1. The zero-order valence-electron chi connectivity index (χ0n) is 15.3. The molecule has 4 aromatic rings. The standard InChI is InChI=1S/C22H23N3O2/c1-3-9-19-16(7-1)18-15-25(14-11-20(18)26-19)13-6-5-12-23-22-17-8-2-4-10-21(17)27-24-22/h1-4,7-10H,5-6,11-15H2,(H,23,24). The normalized spacial score (nSPS) is 14.7. The van der Waals surface area contributed by atoms with Gasteiger partial charge in [-0.25, -0.2) is 0 Å². The van der Waals surface area contributed by atoms with Crippen molar-refractivity contribution in [2.24, 2.45) is 0 Å². The Morgan fingerprint density at radius 2 is 1.78 bits per heavy atom. The molecule has 0 saturated carbocycles. The Kier molecular flexibility index (Phi) is 4.30. The predicted molar refractivity (Wildman–Crippen MR) is 107 cm³/mol. The van der Waals surface area contributed by atoms with Crippen molar-refractivity contribution in [3.05, 3.63) is 59.9 Å². The van der Waals surface area contributed by atoms with Crippen LogP contribution in [0.5, 0.6) is 0 Å². The van der Waals surface area contributed by atoms with Gasteiger partial charge < -0.3 is 14.3 Å². The number of rotatable bonds is 6. The van der Waals surface area contributed by atoms with Gasteiger partial charge in [0.2, 0.25) is 0 Å². The first-order valence-electron chi connectivity index (χ1n) is 9.68. The average molecular weight is 361 g/mol. The molecule has 5 heteroatoms. The molecule has 1 aliphatic heterocycles. The lowest BCUT2D eigenvalue weighted by atomic mass is 10.0. The van der Waals surface area contributed by atoms with Gasteiger partial charge in [-0.15, -0.1) is 0 Å². The molecule has 0 bridgehead atoms. The number of furan rings is 1. The van der Waals surface area contributed by atoms with E-state index in [4.69, 9.17) is 8.94 Å². The summed E-state index contributed by atoms with van der Waals surface area (Å²) in [6.45, 7) is 4.09. The predicted octanol–water partition coefficient (Wildman–Crippen LogP) is 4.82. The van der Waals surface area contributed by atoms with Crippen molar-refractivity contribution in [2.45, 2.75) is 25.8 Å². The van der Waals surface area contributed by atoms with Crippen LogP contribution in [-0.4, -0.2) is 29.7 Å². The molecule has 138 valence electrons. The smallest absolute Gasteiger partial charge is 0.177 e. The number of benzene rings is 2. The number of anilines is 1. The second-order valence-corrected chi connectivity index (χ2v) is 7.19. The summed E-state index contributed by atoms with van der Waals surface area (Å²) in [5.74, 6) is 2.02. The van der Waals surface area contributed by atoms with E-state index in [1.165, 1.54) is 16.7 Å². The first kappa shape index (κ1) is 16.4. The lowest BCUT2D eigenvalue weighted by molar-refractivity contribution is 0.240. The highest BCUT2D eigenvalue weighted by molar-refractivity contribution is 5.87. The highest BCUT2D eigenvalue weighted by Gasteiger charge is 2.21. The summed E-state index contributed by atoms with van der Waals surface area (Å²) in [6, 6.07) is 16.3. The van der Waals surface area contributed by atoms with Crippen LogP contribution in [0.25, 0.3) is 21.9 Å². The highest BCUT2D eigenvalue weighted by atomic mass is 16.5. The molecule has 27 heavy (non-hydrogen) atoms. The van der Waals surface area contributed by atoms with Crippen LogP contribution >= 0.6 is 0 Å². The summed E-state index contributed by atoms with van der Waals surface area (Å²) in [4.78, 5) is 2.54. The van der Waals surface area contributed by atoms with Crippen LogP contribution in [0.15, 0.2) is 57.5 Å². The molecule has 0 radical (unpaired) electrons. The molecule has 5 nitrogen and oxygen atoms in total. The molecule has 0 spiro atoms. The average Bonchev–Trinajstić information content (AvgIpc) is 3.29. The zero-order chi connectivity index (χ0) is 18.1. The van der Waals surface area contributed by atoms with Crippen LogP contribution in [0.4, 0.5) is 5.82 Å². The number of hydrogen-bond donors (Lipinski definition) is 1. The van der Waals surface area contributed by atoms with Crippen LogP contribution in [0.1, 0.15) is 24.2 Å². The largest absolute Gasteiger partial charge is 0.461 e. The first-order chi connectivity index (χ1) is 13.4. The topological polar surface area (TPSA) is 54.4 Å². The molecule has 3 heterocycles. The van der Waals surface area contributed by atoms with Crippen molar-refractivity contribution >= 4 is 27.8 Å². The molecule has 0 atom stereocenters. The lowest BCUT2D eigenvalue weighted by Crippen LogP contribution is -2.31. The molecule has 2 aromatic carbocycles. The van der Waals surface area contributed by atoms with Crippen LogP contribution in [-0.2, 0) is 13.0 Å². The minimum atomic E-state index is 0.830. The van der Waals surface area contributed by atoms with Crippen molar-refractivity contribution in [2.75, 3.05) is 25.0 Å². The fourth-order valence-corrected chi connectivity index (χ4v) is 3.96. The van der Waals surface area contributed by atoms with Crippen molar-refractivity contribution in [3.63, 3.8) is 0 Å². The van der Waals surface area contributed by atoms with Crippen LogP contribution in [0.3, 0.4) is 0 Å². The van der Waals surface area contributed by atoms with Crippen LogP contribution in [0, 0.1) is 0 Å². The fraction of sp³-hybridized carbons (Fsp3) is 0.318. The van der Waals surface area contributed by atoms with Gasteiger partial charge in [-0.1, -0.05) is 35.5 Å². The third kappa shape index (κ3) is 3.19. The number of aromatic nitrogens is 1. The molecule has 1 aliphatic rings. The van der Waals surface area contributed by atoms with Crippen LogP contribution in [0.2, 0.25) is 0 Å². The molecule has 0 fully saturated rings. The van der Waals surface area contributed by atoms with E-state index in [1.807, 2.05) is 30.3 Å². The molecular weight excluding hydrogens is 338 g/mol. The maximum absolute atomic E-state index is 6.01. The maximum Gasteiger partial charge on any atom is 0.177 e. The molecule has 2 aromatic heterocycles. The van der Waals surface area contributed by atoms with E-state index in [9.17, 15) is 0 Å². The maximum atomic E-state index is 6.01. The van der Waals surface area contributed by atoms with Gasteiger partial charge >= 0.3 is 0 Å². The minimum Gasteiger partial charge on any atom is -0.461 e. The van der Waals surface area contributed by atoms with Gasteiger partial charge in [-0.05, 0) is 37.6 Å². The van der Waals surface area contributed by atoms with Gasteiger partial charge in [0.05, 0.1) is 5.39 Å². The zero-order valence-corrected chi connectivity index (χ0v) is 15.3. The quantitative estimate of drug-likeness (QED) is 0.499. The number of unbranched alkanes of at least 4 members (excludes halogenated alkanes) is 1. The summed E-state index contributed by atoms with van der Waals surface area (Å²) in [7, 11) is 0. The number of nitrogens with zero attached hydrogens (tertiary/aromatic N) is 2. The lowest BCUT2D eigenvalue weighted by Gasteiger charge is -2.26. The number of para-hydroxylation sites is 2. The Morgan fingerprint density at radius 1 is 0.963 bits per heavy atom. The van der Waals surface area contributed by atoms with E-state index in [2.05, 4.69) is 33.6 Å². The number of fused-ring (bicyclic) bond motifs is 4. The molecule has 5 rings (SSSR count). The second-order valence-electron chi connectivity index (χ2n) is 7.19. The number of hydrogen-bond acceptors (Lipinski definition) is 5. The van der Waals surface area contributed by atoms with E-state index in [0.29, 0.717) is 0 Å². The van der Waals surface area contributed by atoms with Gasteiger partial charge in [-0.2, -0.15) is 0 Å². The van der Waals surface area contributed by atoms with E-state index < -0.39 is 0 Å². The van der Waals surface area contributed by atoms with Gasteiger partial charge in [0.1, 0.15) is 11.3 Å². The second kappa shape index (κ2) is 7.08. The Labute approximate surface area is 157 Å². The Balaban J connectivity index is 1.13. The van der Waals surface area contributed by atoms with E-state index in [0.717, 1.165) is 67.8 Å². The van der Waals surface area contributed by atoms with Crippen LogP contribution < -0.4 is 5.32 Å². The Hall–Kier alpha value is -2.79. The summed E-state index contributed by atoms with van der Waals surface area (Å²) >= 11 is 0. The van der Waals surface area contributed by atoms with Crippen molar-refractivity contribution in [3.8, 4) is 0 Å². The van der Waals surface area contributed by atoms with Gasteiger partial charge in [0.25, 0.3) is 0 Å². The fourth-order valence-electron chi connectivity index (χ4n) is 3.96.